The van der Waals surface area contributed by atoms with Crippen molar-refractivity contribution >= 4 is 0 Å². The van der Waals surface area contributed by atoms with Gasteiger partial charge in [0, 0.05) is 33.4 Å². The predicted molar refractivity (Wildman–Crippen MR) is 105 cm³/mol. The molecule has 0 fully saturated rings. The molecule has 6 heteroatoms. The highest BCUT2D eigenvalue weighted by Crippen LogP contribution is 2.14. The van der Waals surface area contributed by atoms with E-state index in [-0.39, 0.29) is 0 Å². The average Bonchev–Trinajstić information content (AvgIpc) is 3.08. The minimum Gasteiger partial charge on any atom is -0.497 e. The predicted octanol–water partition coefficient (Wildman–Crippen LogP) is 0.974. The van der Waals surface area contributed by atoms with Gasteiger partial charge in [-0.1, -0.05) is 12.1 Å². The van der Waals surface area contributed by atoms with Crippen LogP contribution in [-0.2, 0) is 22.6 Å². The van der Waals surface area contributed by atoms with E-state index in [1.807, 2.05) is 12.1 Å². The molecule has 0 radical (unpaired) electrons. The molecule has 0 amide bonds. The number of aliphatic hydroxyl groups is 1. The summed E-state index contributed by atoms with van der Waals surface area (Å²) in [6.45, 7) is 4.33. The van der Waals surface area contributed by atoms with Gasteiger partial charge < -0.3 is 28.8 Å². The Morgan fingerprint density at radius 1 is 1.11 bits per heavy atom. The van der Waals surface area contributed by atoms with E-state index in [0.717, 1.165) is 38.4 Å². The zero-order valence-corrected chi connectivity index (χ0v) is 16.7. The molecule has 0 spiro atoms. The monoisotopic (exact) mass is 377 g/mol. The first-order chi connectivity index (χ1) is 13.2. The summed E-state index contributed by atoms with van der Waals surface area (Å²) in [5, 5.41) is 10.2. The largest absolute Gasteiger partial charge is 0.497 e. The number of aliphatic hydroxyl groups excluding tert-OH is 1. The van der Waals surface area contributed by atoms with E-state index in [9.17, 15) is 5.11 Å². The molecule has 0 bridgehead atoms. The average molecular weight is 378 g/mol. The minimum absolute atomic E-state index is 0.360. The normalized spacial score (nSPS) is 13.5. The molecule has 0 aliphatic heterocycles. The lowest BCUT2D eigenvalue weighted by Gasteiger charge is -2.23. The summed E-state index contributed by atoms with van der Waals surface area (Å²) in [5.41, 5.74) is 2.45. The van der Waals surface area contributed by atoms with Crippen LogP contribution in [0.2, 0.25) is 0 Å². The Kier molecular flexibility index (Phi) is 9.35. The number of hydrogen-bond acceptors (Lipinski definition) is 4. The van der Waals surface area contributed by atoms with Crippen LogP contribution >= 0.6 is 0 Å². The highest BCUT2D eigenvalue weighted by Gasteiger charge is 2.17. The van der Waals surface area contributed by atoms with Crippen LogP contribution in [0.15, 0.2) is 42.6 Å². The summed E-state index contributed by atoms with van der Waals surface area (Å²) in [4.78, 5) is 1.32. The summed E-state index contributed by atoms with van der Waals surface area (Å²) >= 11 is 0. The van der Waals surface area contributed by atoms with E-state index in [4.69, 9.17) is 14.2 Å². The Labute approximate surface area is 162 Å². The van der Waals surface area contributed by atoms with E-state index in [0.29, 0.717) is 13.2 Å². The van der Waals surface area contributed by atoms with Crippen LogP contribution in [0.25, 0.3) is 0 Å². The number of rotatable bonds is 13. The number of quaternary nitrogens is 1. The van der Waals surface area contributed by atoms with Crippen molar-refractivity contribution in [3.05, 3.63) is 53.9 Å². The Bertz CT molecular complexity index is 659. The van der Waals surface area contributed by atoms with E-state index in [2.05, 4.69) is 35.0 Å². The number of benzene rings is 1. The maximum atomic E-state index is 10.2. The van der Waals surface area contributed by atoms with E-state index in [1.165, 1.54) is 16.2 Å². The fourth-order valence-electron chi connectivity index (χ4n) is 3.30. The van der Waals surface area contributed by atoms with Gasteiger partial charge in [-0.2, -0.15) is 0 Å². The Morgan fingerprint density at radius 3 is 2.70 bits per heavy atom. The van der Waals surface area contributed by atoms with Crippen molar-refractivity contribution in [2.75, 3.05) is 47.6 Å². The second-order valence-electron chi connectivity index (χ2n) is 6.82. The SMILES string of the molecule is COCCC[NH+](Cc1cccn1Cc1cccc(OC)c1)C[C@@H](O)COC. The lowest BCUT2D eigenvalue weighted by molar-refractivity contribution is -0.917. The van der Waals surface area contributed by atoms with E-state index < -0.39 is 6.10 Å². The first-order valence-electron chi connectivity index (χ1n) is 9.42. The molecule has 0 saturated carbocycles. The van der Waals surface area contributed by atoms with Crippen molar-refractivity contribution in [2.45, 2.75) is 25.6 Å². The van der Waals surface area contributed by atoms with Crippen molar-refractivity contribution in [3.8, 4) is 5.75 Å². The summed E-state index contributed by atoms with van der Waals surface area (Å²) in [6.07, 6.45) is 2.60. The highest BCUT2D eigenvalue weighted by molar-refractivity contribution is 5.29. The molecule has 2 atom stereocenters. The van der Waals surface area contributed by atoms with Gasteiger partial charge >= 0.3 is 0 Å². The van der Waals surface area contributed by atoms with Crippen molar-refractivity contribution in [1.29, 1.82) is 0 Å². The number of nitrogens with one attached hydrogen (secondary N) is 1. The molecule has 6 nitrogen and oxygen atoms in total. The number of hydrogen-bond donors (Lipinski definition) is 2. The van der Waals surface area contributed by atoms with Crippen LogP contribution in [-0.4, -0.2) is 63.4 Å². The van der Waals surface area contributed by atoms with Gasteiger partial charge in [-0.05, 0) is 29.8 Å². The standard InChI is InChI=1S/C21H32N2O4/c1-25-12-6-10-22(16-20(24)17-26-2)15-19-8-5-11-23(19)14-18-7-4-9-21(13-18)27-3/h4-5,7-9,11,13,20,24H,6,10,12,14-17H2,1-3H3/p+1/t20-/m1/s1. The summed E-state index contributed by atoms with van der Waals surface area (Å²) in [7, 11) is 5.03. The molecule has 1 aromatic heterocycles. The van der Waals surface area contributed by atoms with Crippen LogP contribution < -0.4 is 9.64 Å². The highest BCUT2D eigenvalue weighted by atomic mass is 16.5. The molecule has 1 heterocycles. The number of methoxy groups -OCH3 is 3. The Hall–Kier alpha value is -1.86. The lowest BCUT2D eigenvalue weighted by Crippen LogP contribution is -3.12. The van der Waals surface area contributed by atoms with Crippen LogP contribution in [0.4, 0.5) is 0 Å². The van der Waals surface area contributed by atoms with Gasteiger partial charge in [0.2, 0.25) is 0 Å². The Morgan fingerprint density at radius 2 is 1.96 bits per heavy atom. The number of ether oxygens (including phenoxy) is 3. The van der Waals surface area contributed by atoms with Gasteiger partial charge in [0.05, 0.1) is 32.6 Å². The van der Waals surface area contributed by atoms with Gasteiger partial charge in [-0.25, -0.2) is 0 Å². The maximum absolute atomic E-state index is 10.2. The summed E-state index contributed by atoms with van der Waals surface area (Å²) in [6, 6.07) is 12.4. The van der Waals surface area contributed by atoms with Gasteiger partial charge in [-0.15, -0.1) is 0 Å². The molecular formula is C21H33N2O4+. The first-order valence-corrected chi connectivity index (χ1v) is 9.42. The lowest BCUT2D eigenvalue weighted by atomic mass is 10.2. The molecule has 2 rings (SSSR count). The quantitative estimate of drug-likeness (QED) is 0.511. The van der Waals surface area contributed by atoms with Gasteiger partial charge in [0.25, 0.3) is 0 Å². The molecule has 2 aromatic rings. The van der Waals surface area contributed by atoms with Gasteiger partial charge in [0.1, 0.15) is 24.9 Å². The fraction of sp³-hybridized carbons (Fsp3) is 0.524. The third-order valence-corrected chi connectivity index (χ3v) is 4.60. The number of nitrogens with zero attached hydrogens (tertiary/aromatic N) is 1. The third kappa shape index (κ3) is 7.34. The molecule has 0 aliphatic rings. The fourth-order valence-corrected chi connectivity index (χ4v) is 3.30. The van der Waals surface area contributed by atoms with E-state index in [1.54, 1.807) is 21.3 Å². The summed E-state index contributed by atoms with van der Waals surface area (Å²) < 4.78 is 17.9. The molecule has 0 aliphatic carbocycles. The van der Waals surface area contributed by atoms with Crippen molar-refractivity contribution in [2.24, 2.45) is 0 Å². The first kappa shape index (κ1) is 21.4. The van der Waals surface area contributed by atoms with Crippen molar-refractivity contribution in [1.82, 2.24) is 4.57 Å². The molecule has 150 valence electrons. The van der Waals surface area contributed by atoms with Crippen LogP contribution in [0.3, 0.4) is 0 Å². The third-order valence-electron chi connectivity index (χ3n) is 4.60. The second kappa shape index (κ2) is 11.8. The van der Waals surface area contributed by atoms with Gasteiger partial charge in [-0.3, -0.25) is 0 Å². The molecule has 27 heavy (non-hydrogen) atoms. The van der Waals surface area contributed by atoms with Crippen molar-refractivity contribution in [3.63, 3.8) is 0 Å². The zero-order valence-electron chi connectivity index (χ0n) is 16.7. The minimum atomic E-state index is -0.464. The van der Waals surface area contributed by atoms with Crippen molar-refractivity contribution < 1.29 is 24.2 Å². The van der Waals surface area contributed by atoms with Crippen LogP contribution in [0.1, 0.15) is 17.7 Å². The Balaban J connectivity index is 2.04. The topological polar surface area (TPSA) is 57.3 Å². The molecule has 0 saturated heterocycles. The zero-order chi connectivity index (χ0) is 19.5. The molecule has 1 aromatic carbocycles. The second-order valence-corrected chi connectivity index (χ2v) is 6.82. The molecule has 1 unspecified atom stereocenters. The van der Waals surface area contributed by atoms with Gasteiger partial charge in [0.15, 0.2) is 0 Å². The smallest absolute Gasteiger partial charge is 0.126 e. The van der Waals surface area contributed by atoms with Crippen LogP contribution in [0, 0.1) is 0 Å². The summed E-state index contributed by atoms with van der Waals surface area (Å²) in [5.74, 6) is 0.871. The maximum Gasteiger partial charge on any atom is 0.126 e. The molecular weight excluding hydrogens is 344 g/mol. The van der Waals surface area contributed by atoms with E-state index >= 15 is 0 Å². The molecule has 2 N–H and O–H groups in total. The number of aromatic nitrogens is 1. The van der Waals surface area contributed by atoms with Crippen LogP contribution in [0.5, 0.6) is 5.75 Å².